The van der Waals surface area contributed by atoms with Gasteiger partial charge in [-0.3, -0.25) is 0 Å². The van der Waals surface area contributed by atoms with Crippen LogP contribution in [0, 0.1) is 0 Å². The van der Waals surface area contributed by atoms with Crippen LogP contribution in [0.15, 0.2) is 55.9 Å². The summed E-state index contributed by atoms with van der Waals surface area (Å²) in [5.74, 6) is 0. The molecule has 7 N–H and O–H groups in total. The number of rotatable bonds is 17. The molecule has 3 heterocycles. The van der Waals surface area contributed by atoms with Crippen molar-refractivity contribution in [3.63, 3.8) is 0 Å². The van der Waals surface area contributed by atoms with E-state index in [9.17, 15) is 42.1 Å². The molecule has 1 aromatic carbocycles. The zero-order valence-electron chi connectivity index (χ0n) is 30.6. The molecule has 4 fully saturated rings. The summed E-state index contributed by atoms with van der Waals surface area (Å²) in [4.78, 5) is 13.6. The van der Waals surface area contributed by atoms with E-state index in [1.54, 1.807) is 30.3 Å². The van der Waals surface area contributed by atoms with Crippen LogP contribution < -0.4 is 5.73 Å². The van der Waals surface area contributed by atoms with E-state index in [2.05, 4.69) is 50.1 Å². The minimum atomic E-state index is -2.17. The lowest BCUT2D eigenvalue weighted by atomic mass is 9.84. The highest BCUT2D eigenvalue weighted by Gasteiger charge is 2.56. The van der Waals surface area contributed by atoms with Gasteiger partial charge in [0.1, 0.15) is 61.0 Å². The van der Waals surface area contributed by atoms with Crippen molar-refractivity contribution < 1.29 is 63.1 Å². The Hall–Kier alpha value is -4.82. The van der Waals surface area contributed by atoms with Gasteiger partial charge in [-0.2, -0.15) is 0 Å². The minimum absolute atomic E-state index is 0.125. The molecule has 0 aromatic heterocycles. The highest BCUT2D eigenvalue weighted by molar-refractivity contribution is 5.14. The molecular weight excluding hydrogens is 795 g/mol. The van der Waals surface area contributed by atoms with Crippen LogP contribution in [-0.4, -0.2) is 162 Å². The Balaban J connectivity index is 1.44. The first kappa shape index (κ1) is 45.3. The predicted octanol–water partition coefficient (Wildman–Crippen LogP) is 1.06. The lowest BCUT2D eigenvalue weighted by molar-refractivity contribution is -0.306. The smallest absolute Gasteiger partial charge is 0.187 e. The van der Waals surface area contributed by atoms with Crippen LogP contribution in [0.25, 0.3) is 52.2 Å². The van der Waals surface area contributed by atoms with Crippen molar-refractivity contribution in [1.82, 2.24) is 0 Å². The Morgan fingerprint density at radius 1 is 0.661 bits per heavy atom. The Morgan fingerprint density at radius 3 is 1.90 bits per heavy atom. The molecule has 19 atom stereocenters. The van der Waals surface area contributed by atoms with E-state index < -0.39 is 130 Å². The molecular formula is C30H41FN16O12. The first-order chi connectivity index (χ1) is 28.5. The van der Waals surface area contributed by atoms with Gasteiger partial charge in [-0.1, -0.05) is 55.9 Å². The van der Waals surface area contributed by atoms with Crippen molar-refractivity contribution in [3.05, 3.63) is 88.1 Å². The van der Waals surface area contributed by atoms with Crippen LogP contribution in [-0.2, 0) is 39.8 Å². The van der Waals surface area contributed by atoms with E-state index in [4.69, 9.17) is 50.0 Å². The fraction of sp³-hybridized carbons (Fsp3) is 0.800. The Bertz CT molecular complexity index is 1800. The molecule has 29 heteroatoms. The van der Waals surface area contributed by atoms with E-state index >= 15 is 4.39 Å². The zero-order valence-corrected chi connectivity index (χ0v) is 30.6. The summed E-state index contributed by atoms with van der Waals surface area (Å²) in [6.07, 6.45) is -25.6. The first-order valence-electron chi connectivity index (χ1n) is 18.0. The number of aliphatic hydroxyl groups is 5. The molecule has 5 rings (SSSR count). The molecule has 0 radical (unpaired) electrons. The summed E-state index contributed by atoms with van der Waals surface area (Å²) >= 11 is 0. The molecule has 320 valence electrons. The van der Waals surface area contributed by atoms with Gasteiger partial charge in [0.2, 0.25) is 0 Å². The van der Waals surface area contributed by atoms with Gasteiger partial charge < -0.3 is 64.4 Å². The van der Waals surface area contributed by atoms with E-state index in [1.807, 2.05) is 0 Å². The number of alkyl halides is 1. The van der Waals surface area contributed by atoms with E-state index in [-0.39, 0.29) is 19.6 Å². The zero-order chi connectivity index (χ0) is 42.6. The number of azide groups is 5. The predicted molar refractivity (Wildman–Crippen MR) is 191 cm³/mol. The monoisotopic (exact) mass is 836 g/mol. The summed E-state index contributed by atoms with van der Waals surface area (Å²) in [5.41, 5.74) is 52.7. The summed E-state index contributed by atoms with van der Waals surface area (Å²) < 4.78 is 57.7. The van der Waals surface area contributed by atoms with Crippen molar-refractivity contribution in [1.29, 1.82) is 0 Å². The second-order valence-electron chi connectivity index (χ2n) is 13.6. The minimum Gasteiger partial charge on any atom is -0.394 e. The maximum absolute atomic E-state index is 16.5. The van der Waals surface area contributed by atoms with Gasteiger partial charge >= 0.3 is 0 Å². The Labute approximate surface area is 331 Å². The summed E-state index contributed by atoms with van der Waals surface area (Å²) in [6, 6.07) is 2.46. The number of benzene rings is 1. The highest BCUT2D eigenvalue weighted by atomic mass is 19.1. The second-order valence-corrected chi connectivity index (χ2v) is 13.6. The van der Waals surface area contributed by atoms with Crippen molar-refractivity contribution in [2.75, 3.05) is 19.7 Å². The molecule has 3 aliphatic heterocycles. The highest BCUT2D eigenvalue weighted by Crippen LogP contribution is 2.38. The van der Waals surface area contributed by atoms with Crippen molar-refractivity contribution >= 4 is 0 Å². The maximum Gasteiger partial charge on any atom is 0.187 e. The molecule has 4 aliphatic rings. The van der Waals surface area contributed by atoms with E-state index in [0.717, 1.165) is 0 Å². The van der Waals surface area contributed by atoms with Gasteiger partial charge in [0.15, 0.2) is 18.9 Å². The molecule has 1 aromatic rings. The molecule has 0 bridgehead atoms. The van der Waals surface area contributed by atoms with Crippen LogP contribution in [0.1, 0.15) is 12.0 Å². The quantitative estimate of drug-likeness (QED) is 0.0727. The average molecular weight is 837 g/mol. The van der Waals surface area contributed by atoms with Crippen LogP contribution in [0.5, 0.6) is 0 Å². The lowest BCUT2D eigenvalue weighted by Gasteiger charge is -2.47. The van der Waals surface area contributed by atoms with Crippen LogP contribution in [0.3, 0.4) is 0 Å². The number of ether oxygens (including phenoxy) is 7. The summed E-state index contributed by atoms with van der Waals surface area (Å²) in [6.45, 7) is -1.78. The van der Waals surface area contributed by atoms with E-state index in [0.29, 0.717) is 5.56 Å². The van der Waals surface area contributed by atoms with Crippen LogP contribution >= 0.6 is 0 Å². The van der Waals surface area contributed by atoms with Gasteiger partial charge in [0.05, 0.1) is 56.3 Å². The number of aliphatic hydroxyl groups excluding tert-OH is 5. The van der Waals surface area contributed by atoms with Crippen molar-refractivity contribution in [2.45, 2.75) is 129 Å². The average Bonchev–Trinajstić information content (AvgIpc) is 3.53. The second kappa shape index (κ2) is 21.4. The maximum atomic E-state index is 16.5. The summed E-state index contributed by atoms with van der Waals surface area (Å²) in [7, 11) is 0. The number of nitrogens with two attached hydrogens (primary N) is 1. The normalized spacial score (nSPS) is 40.6. The summed E-state index contributed by atoms with van der Waals surface area (Å²) in [5, 5.41) is 72.0. The van der Waals surface area contributed by atoms with E-state index in [1.165, 1.54) is 0 Å². The molecule has 1 aliphatic carbocycles. The van der Waals surface area contributed by atoms with Gasteiger partial charge in [0, 0.05) is 31.1 Å². The van der Waals surface area contributed by atoms with Gasteiger partial charge in [0.25, 0.3) is 0 Å². The Morgan fingerprint density at radius 2 is 1.25 bits per heavy atom. The number of halogens is 1. The molecule has 5 unspecified atom stereocenters. The number of hydrogen-bond acceptors (Lipinski definition) is 18. The molecule has 0 amide bonds. The fourth-order valence-corrected chi connectivity index (χ4v) is 7.24. The Kier molecular flexibility index (Phi) is 16.4. The molecule has 3 saturated heterocycles. The van der Waals surface area contributed by atoms with Gasteiger partial charge in [-0.25, -0.2) is 4.39 Å². The first-order valence-corrected chi connectivity index (χ1v) is 18.0. The van der Waals surface area contributed by atoms with Crippen LogP contribution in [0.4, 0.5) is 4.39 Å². The molecule has 59 heavy (non-hydrogen) atoms. The lowest BCUT2D eigenvalue weighted by Crippen LogP contribution is -2.63. The molecule has 0 spiro atoms. The standard InChI is InChI=1S/C30H41FN16O12/c31-17-18(41-46-36)28(55-15(8-38-43-33)25(17)53-10-11-4-2-1-3-5-11)57-24-13(40-45-35)6-12(39-44-34)20(49)27(24)59-30-23(52)26(16(9-48)56-30)58-29-19(42-47-37)22(51)21(50)14(7-32)54-29/h1-5,12-30,48-52H,6-10,32H2/t12?,13?,14-,15+,16+,17+,18?,19?,20-,21+,22+,23+,24+,25+,26+,27+,28?,29+,30-/m0/s1. The van der Waals surface area contributed by atoms with Crippen molar-refractivity contribution in [2.24, 2.45) is 31.3 Å². The largest absolute Gasteiger partial charge is 0.394 e. The fourth-order valence-electron chi connectivity index (χ4n) is 7.24. The van der Waals surface area contributed by atoms with Gasteiger partial charge in [-0.15, -0.1) is 0 Å². The molecule has 1 saturated carbocycles. The number of nitrogens with zero attached hydrogens (tertiary/aromatic N) is 15. The van der Waals surface area contributed by atoms with Crippen molar-refractivity contribution in [3.8, 4) is 0 Å². The van der Waals surface area contributed by atoms with Gasteiger partial charge in [-0.05, 0) is 39.6 Å². The SMILES string of the molecule is [N-]=[N+]=NC[C@H]1OC(O[C@@H]2C(N=[N+]=[N-])CC(N=[N+]=[N-])[C@H](O)[C@H]2O[C@@H]2O[C@H](CO)[C@@H](O[C@H]3O[C@@H](CN)[C@@H](O)[C@H](O)C3N=[N+]=[N-])[C@H]2O)C(N=[N+]=[N-])[C@@H](F)[C@@H]1OCc1ccccc1. The third-order valence-electron chi connectivity index (χ3n) is 10.1. The number of hydrogen-bond donors (Lipinski definition) is 6. The topological polar surface area (TPSA) is 436 Å². The van der Waals surface area contributed by atoms with Crippen LogP contribution in [0.2, 0.25) is 0 Å². The third kappa shape index (κ3) is 10.3. The third-order valence-corrected chi connectivity index (χ3v) is 10.1. The molecule has 28 nitrogen and oxygen atoms in total.